The van der Waals surface area contributed by atoms with Crippen molar-refractivity contribution in [2.75, 3.05) is 6.61 Å². The van der Waals surface area contributed by atoms with Crippen molar-refractivity contribution in [2.45, 2.75) is 38.4 Å². The number of nitrogens with zero attached hydrogens (tertiary/aromatic N) is 1. The number of hydrogen-bond acceptors (Lipinski definition) is 4. The van der Waals surface area contributed by atoms with E-state index in [1.54, 1.807) is 6.07 Å². The number of aromatic amines is 1. The summed E-state index contributed by atoms with van der Waals surface area (Å²) in [6.07, 6.45) is -3.66. The number of H-pyrrole nitrogens is 1. The molecule has 9 heteroatoms. The Labute approximate surface area is 175 Å². The third-order valence-corrected chi connectivity index (χ3v) is 6.22. The van der Waals surface area contributed by atoms with Gasteiger partial charge >= 0.3 is 6.18 Å². The van der Waals surface area contributed by atoms with Crippen molar-refractivity contribution in [1.29, 1.82) is 0 Å². The van der Waals surface area contributed by atoms with Crippen molar-refractivity contribution < 1.29 is 22.7 Å². The van der Waals surface area contributed by atoms with Crippen LogP contribution in [0, 0.1) is 11.8 Å². The third-order valence-electron chi connectivity index (χ3n) is 5.14. The van der Waals surface area contributed by atoms with Gasteiger partial charge in [-0.2, -0.15) is 13.2 Å². The number of aromatic nitrogens is 2. The Hall–Kier alpha value is -2.55. The van der Waals surface area contributed by atoms with E-state index in [9.17, 15) is 18.0 Å². The lowest BCUT2D eigenvalue weighted by Crippen LogP contribution is -2.32. The minimum Gasteiger partial charge on any atom is -0.475 e. The molecule has 160 valence electrons. The molecule has 3 unspecified atom stereocenters. The van der Waals surface area contributed by atoms with Gasteiger partial charge in [-0.3, -0.25) is 4.79 Å². The van der Waals surface area contributed by atoms with Crippen LogP contribution in [0.2, 0.25) is 0 Å². The predicted molar refractivity (Wildman–Crippen MR) is 109 cm³/mol. The smallest absolute Gasteiger partial charge is 0.422 e. The van der Waals surface area contributed by atoms with Gasteiger partial charge in [0.25, 0.3) is 0 Å². The van der Waals surface area contributed by atoms with E-state index in [2.05, 4.69) is 15.3 Å². The molecule has 1 saturated carbocycles. The van der Waals surface area contributed by atoms with Gasteiger partial charge in [-0.1, -0.05) is 26.0 Å². The summed E-state index contributed by atoms with van der Waals surface area (Å²) in [5.74, 6) is 0.722. The molecule has 5 nitrogen and oxygen atoms in total. The van der Waals surface area contributed by atoms with Crippen molar-refractivity contribution >= 4 is 28.3 Å². The molecule has 0 bridgehead atoms. The van der Waals surface area contributed by atoms with Gasteiger partial charge in [0.1, 0.15) is 5.82 Å². The van der Waals surface area contributed by atoms with Crippen LogP contribution in [0.15, 0.2) is 36.4 Å². The first-order valence-corrected chi connectivity index (χ1v) is 10.6. The molecule has 0 spiro atoms. The number of alkyl halides is 3. The molecule has 1 amide bonds. The zero-order valence-corrected chi connectivity index (χ0v) is 17.3. The quantitative estimate of drug-likeness (QED) is 0.535. The summed E-state index contributed by atoms with van der Waals surface area (Å²) in [5.41, 5.74) is 1.83. The highest BCUT2D eigenvalue weighted by Crippen LogP contribution is 2.47. The lowest BCUT2D eigenvalue weighted by Gasteiger charge is -2.21. The lowest BCUT2D eigenvalue weighted by atomic mass is 10.0. The van der Waals surface area contributed by atoms with Crippen molar-refractivity contribution in [3.63, 3.8) is 0 Å². The van der Waals surface area contributed by atoms with E-state index >= 15 is 0 Å². The van der Waals surface area contributed by atoms with Crippen LogP contribution in [0.4, 0.5) is 13.2 Å². The largest absolute Gasteiger partial charge is 0.475 e. The summed E-state index contributed by atoms with van der Waals surface area (Å²) >= 11 is 1.13. The van der Waals surface area contributed by atoms with E-state index < -0.39 is 12.8 Å². The predicted octanol–water partition coefficient (Wildman–Crippen LogP) is 5.18. The Morgan fingerprint density at radius 1 is 1.30 bits per heavy atom. The average molecular weight is 437 g/mol. The lowest BCUT2D eigenvalue weighted by molar-refractivity contribution is -0.152. The van der Waals surface area contributed by atoms with Gasteiger partial charge in [-0.05, 0) is 36.6 Å². The number of benzene rings is 1. The second kappa shape index (κ2) is 7.94. The fourth-order valence-electron chi connectivity index (χ4n) is 3.49. The van der Waals surface area contributed by atoms with Crippen molar-refractivity contribution in [2.24, 2.45) is 11.8 Å². The molecule has 0 aliphatic heterocycles. The maximum atomic E-state index is 12.8. The van der Waals surface area contributed by atoms with E-state index in [1.807, 2.05) is 38.1 Å². The first-order chi connectivity index (χ1) is 14.2. The SMILES string of the molecule is CC(C)C(NC(=O)C1CC1c1nc2ccccc2[nH]1)c1ccc(OCC(F)(F)F)s1. The number of carbonyl (C=O) groups is 1. The minimum atomic E-state index is -4.38. The topological polar surface area (TPSA) is 67.0 Å². The number of thiophene rings is 1. The molecule has 2 heterocycles. The maximum Gasteiger partial charge on any atom is 0.422 e. The van der Waals surface area contributed by atoms with Crippen LogP contribution in [-0.4, -0.2) is 28.7 Å². The summed E-state index contributed by atoms with van der Waals surface area (Å²) in [7, 11) is 0. The fourth-order valence-corrected chi connectivity index (χ4v) is 4.57. The second-order valence-corrected chi connectivity index (χ2v) is 8.96. The summed E-state index contributed by atoms with van der Waals surface area (Å²) in [5, 5.41) is 3.25. The molecule has 2 N–H and O–H groups in total. The number of halogens is 3. The molecular weight excluding hydrogens is 415 g/mol. The first-order valence-electron chi connectivity index (χ1n) is 9.75. The summed E-state index contributed by atoms with van der Waals surface area (Å²) < 4.78 is 41.9. The van der Waals surface area contributed by atoms with E-state index in [0.29, 0.717) is 0 Å². The molecule has 0 radical (unpaired) electrons. The van der Waals surface area contributed by atoms with E-state index in [4.69, 9.17) is 4.74 Å². The van der Waals surface area contributed by atoms with Gasteiger partial charge in [-0.15, -0.1) is 11.3 Å². The van der Waals surface area contributed by atoms with E-state index in [-0.39, 0.29) is 34.8 Å². The highest BCUT2D eigenvalue weighted by atomic mass is 32.1. The number of para-hydroxylation sites is 2. The van der Waals surface area contributed by atoms with E-state index in [0.717, 1.165) is 39.5 Å². The van der Waals surface area contributed by atoms with Crippen LogP contribution in [0.25, 0.3) is 11.0 Å². The third kappa shape index (κ3) is 4.61. The van der Waals surface area contributed by atoms with Gasteiger partial charge in [-0.25, -0.2) is 4.98 Å². The number of ether oxygens (including phenoxy) is 1. The van der Waals surface area contributed by atoms with Crippen LogP contribution in [-0.2, 0) is 4.79 Å². The molecular formula is C21H22F3N3O2S. The number of amides is 1. The Morgan fingerprint density at radius 3 is 2.77 bits per heavy atom. The Kier molecular flexibility index (Phi) is 5.48. The Bertz CT molecular complexity index is 1010. The van der Waals surface area contributed by atoms with Gasteiger partial charge in [0, 0.05) is 16.7 Å². The molecule has 0 saturated heterocycles. The molecule has 4 rings (SSSR count). The molecule has 1 fully saturated rings. The van der Waals surface area contributed by atoms with Crippen LogP contribution in [0.5, 0.6) is 5.06 Å². The minimum absolute atomic E-state index is 0.0548. The van der Waals surface area contributed by atoms with Gasteiger partial charge < -0.3 is 15.0 Å². The number of rotatable bonds is 7. The van der Waals surface area contributed by atoms with Gasteiger partial charge in [0.15, 0.2) is 11.7 Å². The molecule has 30 heavy (non-hydrogen) atoms. The van der Waals surface area contributed by atoms with Crippen LogP contribution < -0.4 is 10.1 Å². The monoisotopic (exact) mass is 437 g/mol. The molecule has 3 atom stereocenters. The van der Waals surface area contributed by atoms with E-state index in [1.165, 1.54) is 6.07 Å². The highest BCUT2D eigenvalue weighted by molar-refractivity contribution is 7.13. The number of hydrogen-bond donors (Lipinski definition) is 2. The maximum absolute atomic E-state index is 12.8. The van der Waals surface area contributed by atoms with Crippen molar-refractivity contribution in [3.8, 4) is 5.06 Å². The molecule has 1 aliphatic rings. The molecule has 1 aromatic carbocycles. The number of nitrogens with one attached hydrogen (secondary N) is 2. The number of carbonyl (C=O) groups excluding carboxylic acids is 1. The van der Waals surface area contributed by atoms with Crippen LogP contribution >= 0.6 is 11.3 Å². The summed E-state index contributed by atoms with van der Waals surface area (Å²) in [6.45, 7) is 2.60. The first kappa shape index (κ1) is 20.7. The standard InChI is InChI=1S/C21H22F3N3O2S/c1-11(2)18(16-7-8-17(30-16)29-10-21(22,23)24)27-20(28)13-9-12(13)19-25-14-5-3-4-6-15(14)26-19/h3-8,11-13,18H,9-10H2,1-2H3,(H,25,26)(H,27,28). The second-order valence-electron chi connectivity index (χ2n) is 7.88. The molecule has 2 aromatic heterocycles. The molecule has 3 aromatic rings. The zero-order valence-electron chi connectivity index (χ0n) is 16.5. The summed E-state index contributed by atoms with van der Waals surface area (Å²) in [6, 6.07) is 10.7. The average Bonchev–Trinajstić information content (AvgIpc) is 3.15. The van der Waals surface area contributed by atoms with Crippen molar-refractivity contribution in [3.05, 3.63) is 47.1 Å². The van der Waals surface area contributed by atoms with Crippen LogP contribution in [0.1, 0.15) is 42.9 Å². The molecule has 1 aliphatic carbocycles. The van der Waals surface area contributed by atoms with Crippen LogP contribution in [0.3, 0.4) is 0 Å². The highest BCUT2D eigenvalue weighted by Gasteiger charge is 2.46. The number of fused-ring (bicyclic) bond motifs is 1. The fraction of sp³-hybridized carbons (Fsp3) is 0.429. The van der Waals surface area contributed by atoms with Crippen molar-refractivity contribution in [1.82, 2.24) is 15.3 Å². The van der Waals surface area contributed by atoms with Gasteiger partial charge in [0.05, 0.1) is 17.1 Å². The zero-order chi connectivity index (χ0) is 21.5. The Balaban J connectivity index is 1.40. The van der Waals surface area contributed by atoms with Gasteiger partial charge in [0.2, 0.25) is 5.91 Å². The normalized spacial score (nSPS) is 19.8. The Morgan fingerprint density at radius 2 is 2.07 bits per heavy atom. The number of imidazole rings is 1. The summed E-state index contributed by atoms with van der Waals surface area (Å²) in [4.78, 5) is 21.5.